The summed E-state index contributed by atoms with van der Waals surface area (Å²) in [7, 11) is 0. The zero-order valence-electron chi connectivity index (χ0n) is 8.63. The van der Waals surface area contributed by atoms with Crippen LogP contribution in [0.5, 0.6) is 0 Å². The molecule has 17 heavy (non-hydrogen) atoms. The van der Waals surface area contributed by atoms with E-state index in [2.05, 4.69) is 5.10 Å². The number of carbonyl (C=O) groups is 1. The average molecular weight is 233 g/mol. The number of aromatic nitrogens is 2. The van der Waals surface area contributed by atoms with Gasteiger partial charge in [0.25, 0.3) is 11.5 Å². The molecule has 0 saturated heterocycles. The van der Waals surface area contributed by atoms with Crippen molar-refractivity contribution in [2.45, 2.75) is 0 Å². The van der Waals surface area contributed by atoms with Crippen molar-refractivity contribution < 1.29 is 9.18 Å². The molecule has 1 aromatic heterocycles. The number of nitrogens with zero attached hydrogens (tertiary/aromatic N) is 2. The third-order valence-electron chi connectivity index (χ3n) is 2.18. The Kier molecular flexibility index (Phi) is 2.70. The molecule has 6 heteroatoms. The number of hydrogen-bond acceptors (Lipinski definition) is 3. The van der Waals surface area contributed by atoms with Gasteiger partial charge in [0.2, 0.25) is 0 Å². The molecule has 0 atom stereocenters. The first-order valence-electron chi connectivity index (χ1n) is 4.73. The summed E-state index contributed by atoms with van der Waals surface area (Å²) in [5.74, 6) is -1.64. The number of hydrogen-bond donors (Lipinski definition) is 1. The van der Waals surface area contributed by atoms with Crippen LogP contribution in [0, 0.1) is 5.82 Å². The van der Waals surface area contributed by atoms with Crippen LogP contribution in [-0.4, -0.2) is 15.7 Å². The van der Waals surface area contributed by atoms with Crippen LogP contribution in [0.3, 0.4) is 0 Å². The molecule has 0 bridgehead atoms. The summed E-state index contributed by atoms with van der Waals surface area (Å²) in [5.41, 5.74) is 4.59. The Morgan fingerprint density at radius 3 is 2.71 bits per heavy atom. The third-order valence-corrected chi connectivity index (χ3v) is 2.18. The molecular formula is C11H8FN3O2. The maximum Gasteiger partial charge on any atom is 0.271 e. The number of carbonyl (C=O) groups excluding carboxylic acids is 1. The van der Waals surface area contributed by atoms with E-state index in [1.54, 1.807) is 0 Å². The summed E-state index contributed by atoms with van der Waals surface area (Å²) in [6, 6.07) is 6.43. The number of benzene rings is 1. The molecule has 1 aromatic carbocycles. The van der Waals surface area contributed by atoms with Gasteiger partial charge in [-0.15, -0.1) is 0 Å². The van der Waals surface area contributed by atoms with E-state index in [1.165, 1.54) is 30.5 Å². The van der Waals surface area contributed by atoms with Gasteiger partial charge in [-0.05, 0) is 18.2 Å². The first kappa shape index (κ1) is 11.0. The second-order valence-corrected chi connectivity index (χ2v) is 3.30. The van der Waals surface area contributed by atoms with Crippen LogP contribution >= 0.6 is 0 Å². The van der Waals surface area contributed by atoms with E-state index in [9.17, 15) is 14.0 Å². The second-order valence-electron chi connectivity index (χ2n) is 3.30. The molecule has 1 heterocycles. The Morgan fingerprint density at radius 2 is 2.12 bits per heavy atom. The lowest BCUT2D eigenvalue weighted by Gasteiger charge is -2.05. The SMILES string of the molecule is NC(=O)c1ccc(-n2ncccc2=O)cc1F. The Morgan fingerprint density at radius 1 is 1.35 bits per heavy atom. The molecule has 5 nitrogen and oxygen atoms in total. The maximum atomic E-state index is 13.5. The minimum absolute atomic E-state index is 0.224. The van der Waals surface area contributed by atoms with Crippen molar-refractivity contribution in [2.75, 3.05) is 0 Å². The Hall–Kier alpha value is -2.50. The smallest absolute Gasteiger partial charge is 0.271 e. The van der Waals surface area contributed by atoms with Gasteiger partial charge in [0.1, 0.15) is 5.82 Å². The summed E-state index contributed by atoms with van der Waals surface area (Å²) in [6.07, 6.45) is 1.40. The Balaban J connectivity index is 2.56. The van der Waals surface area contributed by atoms with E-state index in [0.717, 1.165) is 10.7 Å². The van der Waals surface area contributed by atoms with Crippen LogP contribution < -0.4 is 11.3 Å². The summed E-state index contributed by atoms with van der Waals surface area (Å²) < 4.78 is 14.5. The monoisotopic (exact) mass is 233 g/mol. The fourth-order valence-corrected chi connectivity index (χ4v) is 1.39. The molecule has 0 radical (unpaired) electrons. The highest BCUT2D eigenvalue weighted by atomic mass is 19.1. The van der Waals surface area contributed by atoms with E-state index in [-0.39, 0.29) is 11.3 Å². The zero-order chi connectivity index (χ0) is 12.4. The molecule has 0 aliphatic carbocycles. The fraction of sp³-hybridized carbons (Fsp3) is 0. The minimum Gasteiger partial charge on any atom is -0.366 e. The van der Waals surface area contributed by atoms with Crippen molar-refractivity contribution in [3.8, 4) is 5.69 Å². The quantitative estimate of drug-likeness (QED) is 0.818. The van der Waals surface area contributed by atoms with E-state index in [0.29, 0.717) is 0 Å². The van der Waals surface area contributed by atoms with Gasteiger partial charge in [0.15, 0.2) is 0 Å². The highest BCUT2D eigenvalue weighted by molar-refractivity contribution is 5.93. The standard InChI is InChI=1S/C11H8FN3O2/c12-9-6-7(3-4-8(9)11(13)17)15-10(16)2-1-5-14-15/h1-6H,(H2,13,17). The second kappa shape index (κ2) is 4.17. The van der Waals surface area contributed by atoms with Crippen molar-refractivity contribution in [3.63, 3.8) is 0 Å². The van der Waals surface area contributed by atoms with Crippen LogP contribution in [-0.2, 0) is 0 Å². The van der Waals surface area contributed by atoms with Crippen molar-refractivity contribution in [1.29, 1.82) is 0 Å². The van der Waals surface area contributed by atoms with E-state index in [1.807, 2.05) is 0 Å². The third kappa shape index (κ3) is 2.05. The van der Waals surface area contributed by atoms with Crippen LogP contribution in [0.1, 0.15) is 10.4 Å². The van der Waals surface area contributed by atoms with Crippen molar-refractivity contribution in [3.05, 3.63) is 58.3 Å². The molecule has 2 aromatic rings. The molecule has 86 valence electrons. The fourth-order valence-electron chi connectivity index (χ4n) is 1.39. The molecule has 0 unspecified atom stereocenters. The summed E-state index contributed by atoms with van der Waals surface area (Å²) in [5, 5.41) is 3.79. The lowest BCUT2D eigenvalue weighted by atomic mass is 10.2. The topological polar surface area (TPSA) is 78.0 Å². The van der Waals surface area contributed by atoms with Crippen molar-refractivity contribution in [1.82, 2.24) is 9.78 Å². The van der Waals surface area contributed by atoms with E-state index < -0.39 is 17.3 Å². The molecule has 0 aliphatic rings. The summed E-state index contributed by atoms with van der Waals surface area (Å²) in [6.45, 7) is 0. The molecule has 0 spiro atoms. The van der Waals surface area contributed by atoms with Gasteiger partial charge in [0, 0.05) is 18.3 Å². The van der Waals surface area contributed by atoms with Gasteiger partial charge in [-0.2, -0.15) is 9.78 Å². The predicted octanol–water partition coefficient (Wildman–Crippen LogP) is 0.471. The number of nitrogens with two attached hydrogens (primary N) is 1. The highest BCUT2D eigenvalue weighted by Crippen LogP contribution is 2.11. The van der Waals surface area contributed by atoms with Crippen LogP contribution in [0.15, 0.2) is 41.3 Å². The molecule has 0 aliphatic heterocycles. The number of halogens is 1. The van der Waals surface area contributed by atoms with Gasteiger partial charge in [0.05, 0.1) is 11.3 Å². The van der Waals surface area contributed by atoms with Gasteiger partial charge in [-0.3, -0.25) is 9.59 Å². The average Bonchev–Trinajstić information content (AvgIpc) is 2.29. The van der Waals surface area contributed by atoms with Crippen molar-refractivity contribution >= 4 is 5.91 Å². The maximum absolute atomic E-state index is 13.5. The minimum atomic E-state index is -0.859. The van der Waals surface area contributed by atoms with E-state index >= 15 is 0 Å². The first-order valence-corrected chi connectivity index (χ1v) is 4.73. The van der Waals surface area contributed by atoms with Gasteiger partial charge < -0.3 is 5.73 Å². The number of primary amides is 1. The van der Waals surface area contributed by atoms with Crippen molar-refractivity contribution in [2.24, 2.45) is 5.73 Å². The normalized spacial score (nSPS) is 10.2. The van der Waals surface area contributed by atoms with Gasteiger partial charge >= 0.3 is 0 Å². The van der Waals surface area contributed by atoms with Gasteiger partial charge in [-0.25, -0.2) is 4.39 Å². The van der Waals surface area contributed by atoms with E-state index in [4.69, 9.17) is 5.73 Å². The Bertz CT molecular complexity index is 637. The highest BCUT2D eigenvalue weighted by Gasteiger charge is 2.10. The first-order chi connectivity index (χ1) is 8.09. The van der Waals surface area contributed by atoms with Gasteiger partial charge in [-0.1, -0.05) is 0 Å². The summed E-state index contributed by atoms with van der Waals surface area (Å²) >= 11 is 0. The predicted molar refractivity (Wildman–Crippen MR) is 58.3 cm³/mol. The number of rotatable bonds is 2. The summed E-state index contributed by atoms with van der Waals surface area (Å²) in [4.78, 5) is 22.3. The van der Waals surface area contributed by atoms with Crippen LogP contribution in [0.25, 0.3) is 5.69 Å². The lowest BCUT2D eigenvalue weighted by Crippen LogP contribution is -2.20. The number of amides is 1. The molecule has 1 amide bonds. The Labute approximate surface area is 95.3 Å². The molecular weight excluding hydrogens is 225 g/mol. The largest absolute Gasteiger partial charge is 0.366 e. The molecule has 2 N–H and O–H groups in total. The molecule has 0 fully saturated rings. The molecule has 0 saturated carbocycles. The zero-order valence-corrected chi connectivity index (χ0v) is 8.63. The van der Waals surface area contributed by atoms with Crippen LogP contribution in [0.2, 0.25) is 0 Å². The molecule has 2 rings (SSSR count). The van der Waals surface area contributed by atoms with Crippen LogP contribution in [0.4, 0.5) is 4.39 Å². The lowest BCUT2D eigenvalue weighted by molar-refractivity contribution is 0.0996.